The van der Waals surface area contributed by atoms with Crippen molar-refractivity contribution in [2.75, 3.05) is 0 Å². The van der Waals surface area contributed by atoms with Gasteiger partial charge < -0.3 is 4.74 Å². The topological polar surface area (TPSA) is 69.2 Å². The summed E-state index contributed by atoms with van der Waals surface area (Å²) in [6, 6.07) is 5.90. The molecule has 2 unspecified atom stereocenters. The molecule has 0 amide bonds. The molecule has 4 saturated carbocycles. The highest BCUT2D eigenvalue weighted by Crippen LogP contribution is 2.56. The standard InChI is InChI=1S/C23H23BrN2O3/c1-2-12-7-8-16(29-23-25-10-15(24)11-26-23)9-17(12)20-21(27)18-13-3-4-14(6-5-13)19(18)22(20)28/h7-11,13-14,18-20H,2-6H2,1H3. The summed E-state index contributed by atoms with van der Waals surface area (Å²) in [6.45, 7) is 2.05. The van der Waals surface area contributed by atoms with E-state index in [2.05, 4.69) is 32.8 Å². The van der Waals surface area contributed by atoms with Crippen LogP contribution in [0.4, 0.5) is 0 Å². The van der Waals surface area contributed by atoms with Gasteiger partial charge in [0.2, 0.25) is 0 Å². The van der Waals surface area contributed by atoms with E-state index in [0.29, 0.717) is 17.6 Å². The van der Waals surface area contributed by atoms with Crippen molar-refractivity contribution < 1.29 is 14.3 Å². The molecule has 29 heavy (non-hydrogen) atoms. The molecule has 6 rings (SSSR count). The highest BCUT2D eigenvalue weighted by molar-refractivity contribution is 9.10. The largest absolute Gasteiger partial charge is 0.424 e. The number of rotatable bonds is 4. The number of hydrogen-bond donors (Lipinski definition) is 0. The molecule has 6 heteroatoms. The number of ether oxygens (including phenoxy) is 1. The maximum Gasteiger partial charge on any atom is 0.321 e. The van der Waals surface area contributed by atoms with Crippen LogP contribution >= 0.6 is 15.9 Å². The molecule has 2 aromatic rings. The number of aryl methyl sites for hydroxylation is 1. The lowest BCUT2D eigenvalue weighted by atomic mass is 9.59. The first-order valence-electron chi connectivity index (χ1n) is 10.4. The van der Waals surface area contributed by atoms with Crippen LogP contribution in [0.2, 0.25) is 0 Å². The molecule has 0 saturated heterocycles. The minimum Gasteiger partial charge on any atom is -0.424 e. The van der Waals surface area contributed by atoms with Gasteiger partial charge in [0.15, 0.2) is 11.6 Å². The average molecular weight is 455 g/mol. The molecule has 2 bridgehead atoms. The number of aromatic nitrogens is 2. The molecule has 1 heterocycles. The van der Waals surface area contributed by atoms with E-state index in [-0.39, 0.29) is 29.4 Å². The molecular formula is C23H23BrN2O3. The van der Waals surface area contributed by atoms with Crippen molar-refractivity contribution in [2.24, 2.45) is 23.7 Å². The number of carbonyl (C=O) groups excluding carboxylic acids is 2. The number of nitrogens with zero attached hydrogens (tertiary/aromatic N) is 2. The van der Waals surface area contributed by atoms with E-state index < -0.39 is 5.92 Å². The van der Waals surface area contributed by atoms with Crippen LogP contribution < -0.4 is 4.74 Å². The number of halogens is 1. The van der Waals surface area contributed by atoms with Gasteiger partial charge in [0.1, 0.15) is 11.7 Å². The number of Topliss-reactive ketones (excluding diaryl/α,β-unsaturated/α-hetero) is 2. The maximum absolute atomic E-state index is 13.4. The van der Waals surface area contributed by atoms with Gasteiger partial charge in [0.25, 0.3) is 0 Å². The van der Waals surface area contributed by atoms with Crippen molar-refractivity contribution in [2.45, 2.75) is 44.9 Å². The fraction of sp³-hybridized carbons (Fsp3) is 0.478. The third-order valence-corrected chi connectivity index (χ3v) is 7.47. The smallest absolute Gasteiger partial charge is 0.321 e. The Balaban J connectivity index is 1.50. The van der Waals surface area contributed by atoms with Gasteiger partial charge in [-0.15, -0.1) is 0 Å². The summed E-state index contributed by atoms with van der Waals surface area (Å²) in [6.07, 6.45) is 8.40. The van der Waals surface area contributed by atoms with Crippen LogP contribution in [0.1, 0.15) is 49.7 Å². The quantitative estimate of drug-likeness (QED) is 0.615. The van der Waals surface area contributed by atoms with Crippen molar-refractivity contribution in [1.29, 1.82) is 0 Å². The lowest BCUT2D eigenvalue weighted by Crippen LogP contribution is -2.41. The summed E-state index contributed by atoms with van der Waals surface area (Å²) < 4.78 is 6.58. The Kier molecular flexibility index (Phi) is 4.77. The first-order chi connectivity index (χ1) is 14.1. The molecule has 2 atom stereocenters. The van der Waals surface area contributed by atoms with Gasteiger partial charge in [0, 0.05) is 24.2 Å². The van der Waals surface area contributed by atoms with Gasteiger partial charge >= 0.3 is 6.01 Å². The Morgan fingerprint density at radius 2 is 1.59 bits per heavy atom. The van der Waals surface area contributed by atoms with Crippen LogP contribution in [0.15, 0.2) is 35.1 Å². The highest BCUT2D eigenvalue weighted by Gasteiger charge is 2.59. The zero-order valence-electron chi connectivity index (χ0n) is 16.3. The molecular weight excluding hydrogens is 432 g/mol. The third kappa shape index (κ3) is 3.12. The van der Waals surface area contributed by atoms with Gasteiger partial charge in [-0.3, -0.25) is 9.59 Å². The number of hydrogen-bond acceptors (Lipinski definition) is 5. The Labute approximate surface area is 178 Å². The van der Waals surface area contributed by atoms with E-state index in [4.69, 9.17) is 4.74 Å². The summed E-state index contributed by atoms with van der Waals surface area (Å²) >= 11 is 3.31. The third-order valence-electron chi connectivity index (χ3n) is 7.06. The molecule has 0 radical (unpaired) electrons. The zero-order valence-corrected chi connectivity index (χ0v) is 17.9. The number of fused-ring (bicyclic) bond motifs is 2. The molecule has 4 aliphatic carbocycles. The second kappa shape index (κ2) is 7.31. The van der Waals surface area contributed by atoms with Gasteiger partial charge in [-0.2, -0.15) is 0 Å². The summed E-state index contributed by atoms with van der Waals surface area (Å²) in [5, 5.41) is 0. The van der Waals surface area contributed by atoms with E-state index in [1.165, 1.54) is 0 Å². The Hall–Kier alpha value is -2.08. The Bertz CT molecular complexity index is 937. The summed E-state index contributed by atoms with van der Waals surface area (Å²) in [4.78, 5) is 35.1. The van der Waals surface area contributed by atoms with E-state index in [1.807, 2.05) is 18.2 Å². The Morgan fingerprint density at radius 3 is 2.14 bits per heavy atom. The minimum absolute atomic E-state index is 0.0657. The van der Waals surface area contributed by atoms with Crippen molar-refractivity contribution >= 4 is 27.5 Å². The minimum atomic E-state index is -0.643. The molecule has 0 N–H and O–H groups in total. The van der Waals surface area contributed by atoms with E-state index in [0.717, 1.165) is 47.7 Å². The van der Waals surface area contributed by atoms with Crippen molar-refractivity contribution in [3.8, 4) is 11.8 Å². The van der Waals surface area contributed by atoms with E-state index in [1.54, 1.807) is 12.4 Å². The van der Waals surface area contributed by atoms with Crippen molar-refractivity contribution in [3.05, 3.63) is 46.2 Å². The van der Waals surface area contributed by atoms with Gasteiger partial charge in [-0.25, -0.2) is 9.97 Å². The van der Waals surface area contributed by atoms with Crippen LogP contribution in [-0.2, 0) is 16.0 Å². The van der Waals surface area contributed by atoms with Crippen LogP contribution in [0.3, 0.4) is 0 Å². The predicted octanol–water partition coefficient (Wildman–Crippen LogP) is 4.88. The van der Waals surface area contributed by atoms with Crippen LogP contribution in [0.5, 0.6) is 11.8 Å². The highest BCUT2D eigenvalue weighted by atomic mass is 79.9. The van der Waals surface area contributed by atoms with E-state index >= 15 is 0 Å². The SMILES string of the molecule is CCc1ccc(Oc2ncc(Br)cn2)cc1C1C(=O)C2C3CCC(CC3)C2C1=O. The first kappa shape index (κ1) is 18.9. The average Bonchev–Trinajstić information content (AvgIpc) is 3.03. The molecule has 150 valence electrons. The van der Waals surface area contributed by atoms with E-state index in [9.17, 15) is 9.59 Å². The zero-order chi connectivity index (χ0) is 20.1. The number of carbonyl (C=O) groups is 2. The number of benzene rings is 1. The lowest BCUT2D eigenvalue weighted by Gasteiger charge is -2.43. The van der Waals surface area contributed by atoms with Gasteiger partial charge in [-0.05, 0) is 83.1 Å². The number of ketones is 2. The van der Waals surface area contributed by atoms with Crippen LogP contribution in [0, 0.1) is 23.7 Å². The predicted molar refractivity (Wildman–Crippen MR) is 111 cm³/mol. The first-order valence-corrected chi connectivity index (χ1v) is 11.2. The summed E-state index contributed by atoms with van der Waals surface area (Å²) in [5.74, 6) is 0.850. The molecule has 4 aliphatic rings. The molecule has 1 aromatic carbocycles. The fourth-order valence-corrected chi connectivity index (χ4v) is 5.99. The van der Waals surface area contributed by atoms with Crippen LogP contribution in [0.25, 0.3) is 0 Å². The molecule has 1 aromatic heterocycles. The summed E-state index contributed by atoms with van der Waals surface area (Å²) in [5.41, 5.74) is 1.85. The summed E-state index contributed by atoms with van der Waals surface area (Å²) in [7, 11) is 0. The van der Waals surface area contributed by atoms with Gasteiger partial charge in [-0.1, -0.05) is 13.0 Å². The van der Waals surface area contributed by atoms with Crippen molar-refractivity contribution in [1.82, 2.24) is 9.97 Å². The maximum atomic E-state index is 13.4. The lowest BCUT2D eigenvalue weighted by molar-refractivity contribution is -0.129. The molecule has 4 fully saturated rings. The molecule has 0 aliphatic heterocycles. The normalized spacial score (nSPS) is 30.5. The second-order valence-corrected chi connectivity index (χ2v) is 9.38. The fourth-order valence-electron chi connectivity index (χ4n) is 5.79. The Morgan fingerprint density at radius 1 is 1.00 bits per heavy atom. The van der Waals surface area contributed by atoms with Crippen molar-refractivity contribution in [3.63, 3.8) is 0 Å². The second-order valence-electron chi connectivity index (χ2n) is 8.46. The van der Waals surface area contributed by atoms with Crippen LogP contribution in [-0.4, -0.2) is 21.5 Å². The monoisotopic (exact) mass is 454 g/mol. The van der Waals surface area contributed by atoms with Gasteiger partial charge in [0.05, 0.1) is 4.47 Å². The molecule has 5 nitrogen and oxygen atoms in total. The molecule has 0 spiro atoms.